The zero-order valence-electron chi connectivity index (χ0n) is 10.9. The van der Waals surface area contributed by atoms with Crippen molar-refractivity contribution >= 4 is 5.91 Å². The van der Waals surface area contributed by atoms with E-state index in [2.05, 4.69) is 26.1 Å². The fourth-order valence-corrected chi connectivity index (χ4v) is 1.93. The molecule has 17 heavy (non-hydrogen) atoms. The second-order valence-electron chi connectivity index (χ2n) is 4.30. The van der Waals surface area contributed by atoms with Gasteiger partial charge in [0.2, 0.25) is 0 Å². The summed E-state index contributed by atoms with van der Waals surface area (Å²) in [4.78, 5) is 12.1. The van der Waals surface area contributed by atoms with Crippen LogP contribution < -0.4 is 11.1 Å². The third kappa shape index (κ3) is 3.09. The molecule has 0 spiro atoms. The summed E-state index contributed by atoms with van der Waals surface area (Å²) in [7, 11) is 0. The van der Waals surface area contributed by atoms with E-state index in [9.17, 15) is 4.79 Å². The summed E-state index contributed by atoms with van der Waals surface area (Å²) >= 11 is 0. The summed E-state index contributed by atoms with van der Waals surface area (Å²) in [6.45, 7) is 6.59. The standard InChI is InChI=1S/C13H22N2O2/c1-4-13(5-2,6-3)15-12(16)10-7-11(8-14)17-9-10/h7,9H,4-6,8,14H2,1-3H3,(H,15,16). The Kier molecular flexibility index (Phi) is 4.75. The van der Waals surface area contributed by atoms with Crippen LogP contribution in [0.4, 0.5) is 0 Å². The summed E-state index contributed by atoms with van der Waals surface area (Å²) in [6.07, 6.45) is 4.23. The summed E-state index contributed by atoms with van der Waals surface area (Å²) in [5, 5.41) is 3.09. The average Bonchev–Trinajstić information content (AvgIpc) is 2.85. The van der Waals surface area contributed by atoms with E-state index in [1.165, 1.54) is 6.26 Å². The zero-order valence-corrected chi connectivity index (χ0v) is 10.9. The topological polar surface area (TPSA) is 68.3 Å². The molecule has 0 saturated carbocycles. The molecule has 0 fully saturated rings. The lowest BCUT2D eigenvalue weighted by molar-refractivity contribution is 0.0887. The molecule has 0 radical (unpaired) electrons. The molecule has 0 aliphatic carbocycles. The second kappa shape index (κ2) is 5.87. The molecule has 0 aliphatic heterocycles. The Bertz CT molecular complexity index is 359. The minimum absolute atomic E-state index is 0.0843. The molecule has 0 bridgehead atoms. The third-order valence-electron chi connectivity index (χ3n) is 3.53. The monoisotopic (exact) mass is 238 g/mol. The van der Waals surface area contributed by atoms with E-state index < -0.39 is 0 Å². The molecule has 0 aromatic carbocycles. The van der Waals surface area contributed by atoms with E-state index in [0.29, 0.717) is 17.9 Å². The van der Waals surface area contributed by atoms with Crippen molar-refractivity contribution in [3.63, 3.8) is 0 Å². The van der Waals surface area contributed by atoms with Gasteiger partial charge < -0.3 is 15.5 Å². The van der Waals surface area contributed by atoms with Crippen LogP contribution in [0.3, 0.4) is 0 Å². The number of nitrogens with two attached hydrogens (primary N) is 1. The molecule has 0 unspecified atom stereocenters. The predicted octanol–water partition coefficient (Wildman–Crippen LogP) is 2.44. The lowest BCUT2D eigenvalue weighted by Crippen LogP contribution is -2.47. The Morgan fingerprint density at radius 2 is 1.94 bits per heavy atom. The Balaban J connectivity index is 2.77. The van der Waals surface area contributed by atoms with Crippen molar-refractivity contribution < 1.29 is 9.21 Å². The summed E-state index contributed by atoms with van der Waals surface area (Å²) in [5.74, 6) is 0.546. The van der Waals surface area contributed by atoms with Crippen molar-refractivity contribution in [2.24, 2.45) is 5.73 Å². The maximum absolute atomic E-state index is 12.1. The van der Waals surface area contributed by atoms with Crippen LogP contribution in [-0.2, 0) is 6.54 Å². The van der Waals surface area contributed by atoms with Gasteiger partial charge in [-0.1, -0.05) is 20.8 Å². The Hall–Kier alpha value is -1.29. The summed E-state index contributed by atoms with van der Waals surface area (Å²) in [5.41, 5.74) is 5.88. The van der Waals surface area contributed by atoms with Crippen molar-refractivity contribution in [3.05, 3.63) is 23.7 Å². The van der Waals surface area contributed by atoms with E-state index >= 15 is 0 Å². The molecule has 0 saturated heterocycles. The second-order valence-corrected chi connectivity index (χ2v) is 4.30. The highest BCUT2D eigenvalue weighted by molar-refractivity contribution is 5.94. The van der Waals surface area contributed by atoms with Crippen LogP contribution in [0.15, 0.2) is 16.7 Å². The number of hydrogen-bond acceptors (Lipinski definition) is 3. The molecule has 1 aromatic rings. The Morgan fingerprint density at radius 3 is 2.35 bits per heavy atom. The van der Waals surface area contributed by atoms with Crippen molar-refractivity contribution in [3.8, 4) is 0 Å². The van der Waals surface area contributed by atoms with E-state index in [0.717, 1.165) is 19.3 Å². The highest BCUT2D eigenvalue weighted by Gasteiger charge is 2.26. The first-order valence-corrected chi connectivity index (χ1v) is 6.20. The van der Waals surface area contributed by atoms with E-state index in [4.69, 9.17) is 10.2 Å². The third-order valence-corrected chi connectivity index (χ3v) is 3.53. The quantitative estimate of drug-likeness (QED) is 0.799. The van der Waals surface area contributed by atoms with Crippen molar-refractivity contribution in [1.82, 2.24) is 5.32 Å². The highest BCUT2D eigenvalue weighted by atomic mass is 16.3. The van der Waals surface area contributed by atoms with Crippen molar-refractivity contribution in [2.75, 3.05) is 0 Å². The zero-order chi connectivity index (χ0) is 12.9. The minimum atomic E-state index is -0.114. The van der Waals surface area contributed by atoms with Gasteiger partial charge in [-0.15, -0.1) is 0 Å². The molecule has 1 heterocycles. The van der Waals surface area contributed by atoms with E-state index in [1.54, 1.807) is 6.07 Å². The van der Waals surface area contributed by atoms with Gasteiger partial charge in [-0.2, -0.15) is 0 Å². The molecule has 4 heteroatoms. The smallest absolute Gasteiger partial charge is 0.254 e. The molecule has 1 rings (SSSR count). The lowest BCUT2D eigenvalue weighted by Gasteiger charge is -2.31. The molecular weight excluding hydrogens is 216 g/mol. The fraction of sp³-hybridized carbons (Fsp3) is 0.615. The molecule has 4 nitrogen and oxygen atoms in total. The lowest BCUT2D eigenvalue weighted by atomic mass is 9.89. The predicted molar refractivity (Wildman–Crippen MR) is 67.7 cm³/mol. The minimum Gasteiger partial charge on any atom is -0.467 e. The van der Waals surface area contributed by atoms with Gasteiger partial charge in [0.05, 0.1) is 12.1 Å². The van der Waals surface area contributed by atoms with Gasteiger partial charge in [-0.05, 0) is 25.3 Å². The first kappa shape index (κ1) is 13.8. The van der Waals surface area contributed by atoms with Crippen molar-refractivity contribution in [1.29, 1.82) is 0 Å². The van der Waals surface area contributed by atoms with E-state index in [1.807, 2.05) is 0 Å². The Labute approximate surface area is 103 Å². The largest absolute Gasteiger partial charge is 0.467 e. The fourth-order valence-electron chi connectivity index (χ4n) is 1.93. The number of nitrogens with one attached hydrogen (secondary N) is 1. The van der Waals surface area contributed by atoms with Crippen LogP contribution in [0.5, 0.6) is 0 Å². The number of carbonyl (C=O) groups excluding carboxylic acids is 1. The number of rotatable bonds is 6. The normalized spacial score (nSPS) is 11.5. The summed E-state index contributed by atoms with van der Waals surface area (Å²) in [6, 6.07) is 1.70. The molecular formula is C13H22N2O2. The SMILES string of the molecule is CCC(CC)(CC)NC(=O)c1coc(CN)c1. The number of amides is 1. The van der Waals surface area contributed by atoms with Gasteiger partial charge in [0.15, 0.2) is 0 Å². The van der Waals surface area contributed by atoms with Gasteiger partial charge in [0.1, 0.15) is 12.0 Å². The van der Waals surface area contributed by atoms with Crippen molar-refractivity contribution in [2.45, 2.75) is 52.1 Å². The first-order chi connectivity index (χ1) is 8.10. The maximum atomic E-state index is 12.1. The van der Waals surface area contributed by atoms with E-state index in [-0.39, 0.29) is 11.4 Å². The number of hydrogen-bond donors (Lipinski definition) is 2. The van der Waals surface area contributed by atoms with Gasteiger partial charge in [0.25, 0.3) is 5.91 Å². The summed E-state index contributed by atoms with van der Waals surface area (Å²) < 4.78 is 5.16. The van der Waals surface area contributed by atoms with Crippen LogP contribution in [0.1, 0.15) is 56.2 Å². The van der Waals surface area contributed by atoms with Gasteiger partial charge >= 0.3 is 0 Å². The van der Waals surface area contributed by atoms with Crippen LogP contribution in [0.2, 0.25) is 0 Å². The molecule has 0 atom stereocenters. The van der Waals surface area contributed by atoms with Crippen LogP contribution in [0, 0.1) is 0 Å². The molecule has 0 aliphatic rings. The highest BCUT2D eigenvalue weighted by Crippen LogP contribution is 2.20. The van der Waals surface area contributed by atoms with Crippen LogP contribution in [-0.4, -0.2) is 11.4 Å². The molecule has 3 N–H and O–H groups in total. The van der Waals surface area contributed by atoms with Crippen LogP contribution in [0.25, 0.3) is 0 Å². The van der Waals surface area contributed by atoms with Gasteiger partial charge in [-0.3, -0.25) is 4.79 Å². The molecule has 1 aromatic heterocycles. The first-order valence-electron chi connectivity index (χ1n) is 6.20. The maximum Gasteiger partial charge on any atom is 0.254 e. The van der Waals surface area contributed by atoms with Gasteiger partial charge in [-0.25, -0.2) is 0 Å². The number of furan rings is 1. The average molecular weight is 238 g/mol. The number of carbonyl (C=O) groups is 1. The Morgan fingerprint density at radius 1 is 1.35 bits per heavy atom. The molecule has 96 valence electrons. The van der Waals surface area contributed by atoms with Crippen LogP contribution >= 0.6 is 0 Å². The van der Waals surface area contributed by atoms with Gasteiger partial charge in [0, 0.05) is 5.54 Å². The molecule has 1 amide bonds.